The van der Waals surface area contributed by atoms with Gasteiger partial charge in [0.15, 0.2) is 11.6 Å². The largest absolute Gasteiger partial charge is 0.366 e. The van der Waals surface area contributed by atoms with Gasteiger partial charge in [-0.15, -0.1) is 22.6 Å². The van der Waals surface area contributed by atoms with Gasteiger partial charge in [0, 0.05) is 23.2 Å². The molecule has 1 saturated carbocycles. The predicted octanol–water partition coefficient (Wildman–Crippen LogP) is 4.33. The maximum atomic E-state index is 14.0. The zero-order valence-corrected chi connectivity index (χ0v) is 15.4. The van der Waals surface area contributed by atoms with Crippen LogP contribution in [0.3, 0.4) is 0 Å². The van der Waals surface area contributed by atoms with Crippen molar-refractivity contribution in [2.75, 3.05) is 18.4 Å². The van der Waals surface area contributed by atoms with Crippen LogP contribution in [0.1, 0.15) is 24.8 Å². The quantitative estimate of drug-likeness (QED) is 0.571. The van der Waals surface area contributed by atoms with Gasteiger partial charge in [-0.25, -0.2) is 22.0 Å². The fourth-order valence-electron chi connectivity index (χ4n) is 4.07. The van der Waals surface area contributed by atoms with Crippen molar-refractivity contribution >= 4 is 18.2 Å². The lowest BCUT2D eigenvalue weighted by Gasteiger charge is -2.16. The summed E-state index contributed by atoms with van der Waals surface area (Å²) in [5.41, 5.74) is -1.88. The molecule has 2 fully saturated rings. The molecule has 0 spiro atoms. The molecule has 0 bridgehead atoms. The molecule has 28 heavy (non-hydrogen) atoms. The number of rotatable bonds is 4. The molecule has 1 saturated heterocycles. The van der Waals surface area contributed by atoms with E-state index in [9.17, 15) is 22.0 Å². The van der Waals surface area contributed by atoms with E-state index in [1.807, 2.05) is 0 Å². The van der Waals surface area contributed by atoms with Crippen LogP contribution in [0, 0.1) is 29.3 Å². The van der Waals surface area contributed by atoms with E-state index in [2.05, 4.69) is 20.8 Å². The first kappa shape index (κ1) is 20.7. The summed E-state index contributed by atoms with van der Waals surface area (Å²) in [6.07, 6.45) is -1.21. The smallest absolute Gasteiger partial charge is 0.266 e. The second-order valence-corrected chi connectivity index (χ2v) is 7.07. The van der Waals surface area contributed by atoms with E-state index in [4.69, 9.17) is 0 Å². The lowest BCUT2D eigenvalue weighted by molar-refractivity contribution is 0.151. The fraction of sp³-hybridized carbons (Fsp3) is 0.444. The summed E-state index contributed by atoms with van der Waals surface area (Å²) in [6, 6.07) is 2.14. The lowest BCUT2D eigenvalue weighted by atomic mass is 10.0. The molecule has 1 aliphatic heterocycles. The Labute approximate surface area is 164 Å². The van der Waals surface area contributed by atoms with Crippen LogP contribution in [-0.4, -0.2) is 29.3 Å². The first-order valence-electron chi connectivity index (χ1n) is 8.70. The minimum absolute atomic E-state index is 0. The van der Waals surface area contributed by atoms with Gasteiger partial charge in [0.2, 0.25) is 0 Å². The highest BCUT2D eigenvalue weighted by Crippen LogP contribution is 2.37. The number of benzene rings is 1. The minimum Gasteiger partial charge on any atom is -0.366 e. The van der Waals surface area contributed by atoms with Crippen LogP contribution in [0.15, 0.2) is 18.2 Å². The van der Waals surface area contributed by atoms with Crippen LogP contribution in [0.25, 0.3) is 11.3 Å². The van der Waals surface area contributed by atoms with Crippen molar-refractivity contribution in [2.45, 2.75) is 25.3 Å². The van der Waals surface area contributed by atoms with E-state index in [0.29, 0.717) is 24.0 Å². The van der Waals surface area contributed by atoms with Crippen LogP contribution >= 0.6 is 12.4 Å². The molecule has 4 rings (SSSR count). The molecule has 10 heteroatoms. The van der Waals surface area contributed by atoms with E-state index in [-0.39, 0.29) is 24.3 Å². The molecular weight excluding hydrogens is 403 g/mol. The maximum absolute atomic E-state index is 14.0. The molecule has 3 atom stereocenters. The third kappa shape index (κ3) is 3.91. The van der Waals surface area contributed by atoms with Crippen LogP contribution in [0.5, 0.6) is 0 Å². The molecular formula is C18H18ClF5N4. The van der Waals surface area contributed by atoms with E-state index in [0.717, 1.165) is 32.0 Å². The number of alkyl halides is 2. The van der Waals surface area contributed by atoms with Gasteiger partial charge in [-0.2, -0.15) is 0 Å². The molecule has 1 aromatic carbocycles. The van der Waals surface area contributed by atoms with Gasteiger partial charge in [0.25, 0.3) is 6.43 Å². The average Bonchev–Trinajstić information content (AvgIpc) is 3.19. The van der Waals surface area contributed by atoms with E-state index in [1.165, 1.54) is 0 Å². The zero-order valence-electron chi connectivity index (χ0n) is 14.6. The Morgan fingerprint density at radius 3 is 2.32 bits per heavy atom. The molecule has 1 aromatic heterocycles. The first-order chi connectivity index (χ1) is 12.9. The van der Waals surface area contributed by atoms with Gasteiger partial charge < -0.3 is 10.6 Å². The summed E-state index contributed by atoms with van der Waals surface area (Å²) in [5, 5.41) is 13.9. The first-order valence-corrected chi connectivity index (χ1v) is 8.70. The van der Waals surface area contributed by atoms with Gasteiger partial charge in [-0.1, -0.05) is 0 Å². The third-order valence-corrected chi connectivity index (χ3v) is 5.31. The molecule has 0 unspecified atom stereocenters. The van der Waals surface area contributed by atoms with Crippen molar-refractivity contribution < 1.29 is 22.0 Å². The van der Waals surface area contributed by atoms with Gasteiger partial charge in [0.1, 0.15) is 17.3 Å². The number of nitrogens with zero attached hydrogens (tertiary/aromatic N) is 2. The Balaban J connectivity index is 0.00000225. The summed E-state index contributed by atoms with van der Waals surface area (Å²) in [5.74, 6) is -2.75. The van der Waals surface area contributed by atoms with Crippen LogP contribution in [0.2, 0.25) is 0 Å². The van der Waals surface area contributed by atoms with Gasteiger partial charge >= 0.3 is 0 Å². The highest BCUT2D eigenvalue weighted by Gasteiger charge is 2.37. The minimum atomic E-state index is -3.01. The third-order valence-electron chi connectivity index (χ3n) is 5.31. The van der Waals surface area contributed by atoms with E-state index in [1.54, 1.807) is 0 Å². The molecule has 2 aromatic rings. The van der Waals surface area contributed by atoms with Gasteiger partial charge in [-0.3, -0.25) is 0 Å². The topological polar surface area (TPSA) is 49.8 Å². The van der Waals surface area contributed by atoms with E-state index < -0.39 is 40.7 Å². The Hall–Kier alpha value is -2.00. The van der Waals surface area contributed by atoms with E-state index >= 15 is 0 Å². The highest BCUT2D eigenvalue weighted by atomic mass is 35.5. The highest BCUT2D eigenvalue weighted by molar-refractivity contribution is 5.85. The normalized spacial score (nSPS) is 23.6. The monoisotopic (exact) mass is 420 g/mol. The summed E-state index contributed by atoms with van der Waals surface area (Å²) < 4.78 is 67.9. The number of anilines is 1. The van der Waals surface area contributed by atoms with Gasteiger partial charge in [-0.05, 0) is 49.9 Å². The van der Waals surface area contributed by atoms with Crippen molar-refractivity contribution in [3.8, 4) is 11.3 Å². The van der Waals surface area contributed by atoms with Crippen LogP contribution in [-0.2, 0) is 0 Å². The Kier molecular flexibility index (Phi) is 6.04. The summed E-state index contributed by atoms with van der Waals surface area (Å²) in [4.78, 5) is 0. The molecule has 2 N–H and O–H groups in total. The van der Waals surface area contributed by atoms with Crippen LogP contribution < -0.4 is 10.6 Å². The van der Waals surface area contributed by atoms with Crippen LogP contribution in [0.4, 0.5) is 27.8 Å². The number of aromatic nitrogens is 2. The predicted molar refractivity (Wildman–Crippen MR) is 96.0 cm³/mol. The van der Waals surface area contributed by atoms with Gasteiger partial charge in [0.05, 0.1) is 0 Å². The van der Waals surface area contributed by atoms with Crippen molar-refractivity contribution in [3.63, 3.8) is 0 Å². The summed E-state index contributed by atoms with van der Waals surface area (Å²) in [6.45, 7) is 1.89. The fourth-order valence-corrected chi connectivity index (χ4v) is 4.07. The average molecular weight is 421 g/mol. The summed E-state index contributed by atoms with van der Waals surface area (Å²) in [7, 11) is 0. The molecule has 2 heterocycles. The second-order valence-electron chi connectivity index (χ2n) is 7.07. The zero-order chi connectivity index (χ0) is 19.1. The summed E-state index contributed by atoms with van der Waals surface area (Å²) >= 11 is 0. The molecule has 4 nitrogen and oxygen atoms in total. The second kappa shape index (κ2) is 8.16. The molecule has 152 valence electrons. The SMILES string of the molecule is Cl.Fc1cc(F)c(F)c(-c2nnc(N[C@@H]3C[C@H]4CNC[C@H]4C3)cc2C(F)F)c1. The lowest BCUT2D eigenvalue weighted by Crippen LogP contribution is -2.21. The number of halogens is 6. The van der Waals surface area contributed by atoms with Crippen molar-refractivity contribution in [1.82, 2.24) is 15.5 Å². The van der Waals surface area contributed by atoms with Crippen molar-refractivity contribution in [1.29, 1.82) is 0 Å². The molecule has 2 aliphatic rings. The Bertz CT molecular complexity index is 854. The Morgan fingerprint density at radius 1 is 1.00 bits per heavy atom. The molecule has 1 aliphatic carbocycles. The maximum Gasteiger partial charge on any atom is 0.266 e. The number of nitrogens with one attached hydrogen (secondary N) is 2. The standard InChI is InChI=1S/C18H17F5N4.ClH/c19-10-3-12(16(21)14(20)4-10)17-13(18(22)23)5-15(26-27-17)25-11-1-8-6-24-7-9(8)2-11;/h3-5,8-9,11,18,24H,1-2,6-7H2,(H,25,26);1H/t8-,9+,11+;. The molecule has 0 amide bonds. The Morgan fingerprint density at radius 2 is 1.68 bits per heavy atom. The van der Waals surface area contributed by atoms with Crippen molar-refractivity contribution in [2.24, 2.45) is 11.8 Å². The van der Waals surface area contributed by atoms with Crippen molar-refractivity contribution in [3.05, 3.63) is 41.2 Å². The number of hydrogen-bond donors (Lipinski definition) is 2. The molecule has 0 radical (unpaired) electrons. The number of hydrogen-bond acceptors (Lipinski definition) is 4. The number of fused-ring (bicyclic) bond motifs is 1.